The second-order valence-corrected chi connectivity index (χ2v) is 5.70. The van der Waals surface area contributed by atoms with Crippen LogP contribution in [0.2, 0.25) is 0 Å². The molecule has 21 heavy (non-hydrogen) atoms. The Morgan fingerprint density at radius 2 is 2.10 bits per heavy atom. The number of nitrogens with two attached hydrogens (primary N) is 1. The number of carbonyl (C=O) groups is 1. The Morgan fingerprint density at radius 1 is 1.43 bits per heavy atom. The van der Waals surface area contributed by atoms with Gasteiger partial charge in [0.1, 0.15) is 11.4 Å². The smallest absolute Gasteiger partial charge is 0.412 e. The summed E-state index contributed by atoms with van der Waals surface area (Å²) < 4.78 is 10.4. The molecule has 1 amide bonds. The van der Waals surface area contributed by atoms with Crippen molar-refractivity contribution in [3.63, 3.8) is 0 Å². The summed E-state index contributed by atoms with van der Waals surface area (Å²) in [4.78, 5) is 11.8. The molecule has 0 aromatic heterocycles. The Hall–Kier alpha value is -1.79. The van der Waals surface area contributed by atoms with Crippen LogP contribution in [-0.4, -0.2) is 30.5 Å². The first-order chi connectivity index (χ1) is 9.76. The number of aliphatic hydroxyl groups excluding tert-OH is 1. The molecule has 1 unspecified atom stereocenters. The van der Waals surface area contributed by atoms with Crippen LogP contribution in [-0.2, 0) is 4.74 Å². The summed E-state index contributed by atoms with van der Waals surface area (Å²) in [6.45, 7) is 5.36. The standard InChI is InChI=1S/C15H24N2O4/c1-15(2,3)21-14(19)17-10-5-6-13(20-4)11(9-10)12(16)7-8-18/h5-6,9,12,18H,7-8,16H2,1-4H3,(H,17,19). The monoisotopic (exact) mass is 296 g/mol. The van der Waals surface area contributed by atoms with Gasteiger partial charge in [-0.25, -0.2) is 4.79 Å². The molecular weight excluding hydrogens is 272 g/mol. The van der Waals surface area contributed by atoms with Crippen molar-refractivity contribution in [1.82, 2.24) is 0 Å². The minimum atomic E-state index is -0.563. The van der Waals surface area contributed by atoms with Gasteiger partial charge >= 0.3 is 6.09 Å². The van der Waals surface area contributed by atoms with E-state index in [-0.39, 0.29) is 12.6 Å². The van der Waals surface area contributed by atoms with E-state index in [4.69, 9.17) is 20.3 Å². The lowest BCUT2D eigenvalue weighted by Crippen LogP contribution is -2.27. The fourth-order valence-electron chi connectivity index (χ4n) is 1.82. The van der Waals surface area contributed by atoms with Crippen LogP contribution < -0.4 is 15.8 Å². The van der Waals surface area contributed by atoms with Gasteiger partial charge in [-0.1, -0.05) is 0 Å². The summed E-state index contributed by atoms with van der Waals surface area (Å²) in [5, 5.41) is 11.6. The van der Waals surface area contributed by atoms with E-state index in [2.05, 4.69) is 5.32 Å². The molecule has 0 radical (unpaired) electrons. The highest BCUT2D eigenvalue weighted by Gasteiger charge is 2.17. The van der Waals surface area contributed by atoms with E-state index in [1.807, 2.05) is 0 Å². The number of carbonyl (C=O) groups excluding carboxylic acids is 1. The Balaban J connectivity index is 2.90. The van der Waals surface area contributed by atoms with Crippen LogP contribution in [0.4, 0.5) is 10.5 Å². The maximum atomic E-state index is 11.8. The molecule has 4 N–H and O–H groups in total. The maximum absolute atomic E-state index is 11.8. The van der Waals surface area contributed by atoms with Gasteiger partial charge in [0.2, 0.25) is 0 Å². The average molecular weight is 296 g/mol. The molecule has 0 aliphatic carbocycles. The third-order valence-electron chi connectivity index (χ3n) is 2.71. The first-order valence-electron chi connectivity index (χ1n) is 6.81. The van der Waals surface area contributed by atoms with E-state index in [0.717, 1.165) is 5.56 Å². The first kappa shape index (κ1) is 17.3. The van der Waals surface area contributed by atoms with Gasteiger partial charge < -0.3 is 20.3 Å². The number of ether oxygens (including phenoxy) is 2. The Kier molecular flexibility index (Phi) is 5.99. The van der Waals surface area contributed by atoms with Crippen molar-refractivity contribution in [3.05, 3.63) is 23.8 Å². The van der Waals surface area contributed by atoms with Gasteiger partial charge in [-0.3, -0.25) is 5.32 Å². The number of anilines is 1. The predicted octanol–water partition coefficient (Wildman–Crippen LogP) is 2.42. The van der Waals surface area contributed by atoms with Gasteiger partial charge in [0.15, 0.2) is 0 Å². The van der Waals surface area contributed by atoms with Crippen LogP contribution in [0, 0.1) is 0 Å². The molecule has 1 aromatic carbocycles. The van der Waals surface area contributed by atoms with Gasteiger partial charge in [-0.05, 0) is 45.4 Å². The highest BCUT2D eigenvalue weighted by atomic mass is 16.6. The molecule has 0 aliphatic rings. The molecule has 0 fully saturated rings. The van der Waals surface area contributed by atoms with Crippen molar-refractivity contribution in [2.45, 2.75) is 38.8 Å². The number of rotatable bonds is 5. The SMILES string of the molecule is COc1ccc(NC(=O)OC(C)(C)C)cc1C(N)CCO. The number of amides is 1. The normalized spacial score (nSPS) is 12.7. The Bertz CT molecular complexity index is 483. The summed E-state index contributed by atoms with van der Waals surface area (Å²) in [6.07, 6.45) is -0.124. The number of hydrogen-bond acceptors (Lipinski definition) is 5. The molecule has 6 nitrogen and oxygen atoms in total. The maximum Gasteiger partial charge on any atom is 0.412 e. The van der Waals surface area contributed by atoms with Crippen LogP contribution in [0.3, 0.4) is 0 Å². The van der Waals surface area contributed by atoms with E-state index < -0.39 is 11.7 Å². The summed E-state index contributed by atoms with van der Waals surface area (Å²) in [5.41, 5.74) is 6.72. The molecule has 0 saturated carbocycles. The van der Waals surface area contributed by atoms with E-state index in [1.165, 1.54) is 0 Å². The van der Waals surface area contributed by atoms with Gasteiger partial charge in [-0.2, -0.15) is 0 Å². The third kappa shape index (κ3) is 5.61. The molecule has 118 valence electrons. The Morgan fingerprint density at radius 3 is 2.62 bits per heavy atom. The van der Waals surface area contributed by atoms with Crippen molar-refractivity contribution < 1.29 is 19.4 Å². The quantitative estimate of drug-likeness (QED) is 0.776. The highest BCUT2D eigenvalue weighted by Crippen LogP contribution is 2.29. The topological polar surface area (TPSA) is 93.8 Å². The molecule has 0 bridgehead atoms. The molecule has 1 rings (SSSR count). The second-order valence-electron chi connectivity index (χ2n) is 5.70. The van der Waals surface area contributed by atoms with Gasteiger partial charge in [0.25, 0.3) is 0 Å². The Labute approximate surface area is 125 Å². The fraction of sp³-hybridized carbons (Fsp3) is 0.533. The van der Waals surface area contributed by atoms with Crippen LogP contribution >= 0.6 is 0 Å². The van der Waals surface area contributed by atoms with E-state index >= 15 is 0 Å². The van der Waals surface area contributed by atoms with Crippen molar-refractivity contribution in [2.75, 3.05) is 19.0 Å². The lowest BCUT2D eigenvalue weighted by atomic mass is 10.0. The number of benzene rings is 1. The van der Waals surface area contributed by atoms with Crippen LogP contribution in [0.1, 0.15) is 38.8 Å². The minimum Gasteiger partial charge on any atom is -0.496 e. The molecule has 1 atom stereocenters. The van der Waals surface area contributed by atoms with Crippen LogP contribution in [0.25, 0.3) is 0 Å². The molecule has 6 heteroatoms. The minimum absolute atomic E-state index is 0.0198. The van der Waals surface area contributed by atoms with Crippen molar-refractivity contribution in [3.8, 4) is 5.75 Å². The highest BCUT2D eigenvalue weighted by molar-refractivity contribution is 5.85. The summed E-state index contributed by atoms with van der Waals surface area (Å²) in [7, 11) is 1.55. The van der Waals surface area contributed by atoms with Gasteiger partial charge in [-0.15, -0.1) is 0 Å². The predicted molar refractivity (Wildman–Crippen MR) is 81.5 cm³/mol. The van der Waals surface area contributed by atoms with Crippen LogP contribution in [0.15, 0.2) is 18.2 Å². The average Bonchev–Trinajstić information content (AvgIpc) is 2.36. The second kappa shape index (κ2) is 7.28. The molecule has 0 spiro atoms. The number of nitrogens with one attached hydrogen (secondary N) is 1. The number of methoxy groups -OCH3 is 1. The summed E-state index contributed by atoms with van der Waals surface area (Å²) in [5.74, 6) is 0.616. The number of hydrogen-bond donors (Lipinski definition) is 3. The van der Waals surface area contributed by atoms with Crippen molar-refractivity contribution in [2.24, 2.45) is 5.73 Å². The lowest BCUT2D eigenvalue weighted by molar-refractivity contribution is 0.0636. The van der Waals surface area contributed by atoms with E-state index in [0.29, 0.717) is 17.9 Å². The molecule has 0 saturated heterocycles. The van der Waals surface area contributed by atoms with E-state index in [9.17, 15) is 4.79 Å². The molecule has 1 aromatic rings. The number of aliphatic hydroxyl groups is 1. The first-order valence-corrected chi connectivity index (χ1v) is 6.81. The third-order valence-corrected chi connectivity index (χ3v) is 2.71. The van der Waals surface area contributed by atoms with E-state index in [1.54, 1.807) is 46.1 Å². The zero-order valence-electron chi connectivity index (χ0n) is 13.0. The van der Waals surface area contributed by atoms with Crippen LogP contribution in [0.5, 0.6) is 5.75 Å². The molecule has 0 heterocycles. The van der Waals surface area contributed by atoms with Crippen molar-refractivity contribution >= 4 is 11.8 Å². The molecular formula is C15H24N2O4. The zero-order chi connectivity index (χ0) is 16.0. The van der Waals surface area contributed by atoms with Gasteiger partial charge in [0.05, 0.1) is 7.11 Å². The largest absolute Gasteiger partial charge is 0.496 e. The summed E-state index contributed by atoms with van der Waals surface area (Å²) >= 11 is 0. The molecule has 0 aliphatic heterocycles. The van der Waals surface area contributed by atoms with Crippen molar-refractivity contribution in [1.29, 1.82) is 0 Å². The summed E-state index contributed by atoms with van der Waals surface area (Å²) in [6, 6.07) is 4.78. The zero-order valence-corrected chi connectivity index (χ0v) is 13.0. The van der Waals surface area contributed by atoms with Gasteiger partial charge in [0, 0.05) is 23.9 Å². The lowest BCUT2D eigenvalue weighted by Gasteiger charge is -2.20. The fourth-order valence-corrected chi connectivity index (χ4v) is 1.82.